The van der Waals surface area contributed by atoms with Gasteiger partial charge in [0.05, 0.1) is 0 Å². The van der Waals surface area contributed by atoms with Crippen LogP contribution in [0.15, 0.2) is 42.0 Å². The van der Waals surface area contributed by atoms with E-state index >= 15 is 0 Å². The summed E-state index contributed by atoms with van der Waals surface area (Å²) in [6.07, 6.45) is 3.66. The standard InChI is InChI=1S/C15H19N5O2/c1-3-12(8-9-14-17-19-20(2)18-14)16-15(22)13-7-5-4-6-11(13)10-21/h3-7,10,12,19H,1,8-9H2,2H3,(H,16,22)(H,17,18). The first kappa shape index (κ1) is 15.7. The molecule has 0 saturated heterocycles. The first-order valence-corrected chi connectivity index (χ1v) is 6.94. The number of benzene rings is 1. The van der Waals surface area contributed by atoms with E-state index in [0.717, 1.165) is 5.84 Å². The van der Waals surface area contributed by atoms with Gasteiger partial charge in [-0.25, -0.2) is 5.53 Å². The molecule has 0 aromatic heterocycles. The Bertz CT molecular complexity index is 599. The third-order valence-corrected chi connectivity index (χ3v) is 3.26. The van der Waals surface area contributed by atoms with E-state index in [4.69, 9.17) is 0 Å². The first-order valence-electron chi connectivity index (χ1n) is 6.94. The molecule has 0 spiro atoms. The molecule has 1 unspecified atom stereocenters. The van der Waals surface area contributed by atoms with Gasteiger partial charge in [-0.05, 0) is 12.5 Å². The highest BCUT2D eigenvalue weighted by Gasteiger charge is 2.16. The van der Waals surface area contributed by atoms with Gasteiger partial charge in [0, 0.05) is 30.6 Å². The van der Waals surface area contributed by atoms with E-state index in [0.29, 0.717) is 30.3 Å². The van der Waals surface area contributed by atoms with Crippen LogP contribution in [0.2, 0.25) is 0 Å². The number of hydrogen-bond donors (Lipinski definition) is 3. The van der Waals surface area contributed by atoms with E-state index in [1.165, 1.54) is 0 Å². The van der Waals surface area contributed by atoms with Crippen molar-refractivity contribution in [3.05, 3.63) is 48.0 Å². The highest BCUT2D eigenvalue weighted by atomic mass is 16.2. The lowest BCUT2D eigenvalue weighted by Crippen LogP contribution is -2.38. The van der Waals surface area contributed by atoms with Crippen LogP contribution in [0.25, 0.3) is 0 Å². The minimum atomic E-state index is -0.288. The van der Waals surface area contributed by atoms with Crippen LogP contribution in [0.5, 0.6) is 0 Å². The van der Waals surface area contributed by atoms with Crippen molar-refractivity contribution < 1.29 is 9.59 Å². The van der Waals surface area contributed by atoms with Crippen LogP contribution in [-0.4, -0.2) is 36.2 Å². The molecule has 7 nitrogen and oxygen atoms in total. The second-order valence-electron chi connectivity index (χ2n) is 4.89. The molecule has 3 N–H and O–H groups in total. The monoisotopic (exact) mass is 301 g/mol. The zero-order chi connectivity index (χ0) is 15.9. The molecule has 22 heavy (non-hydrogen) atoms. The molecule has 1 aliphatic heterocycles. The summed E-state index contributed by atoms with van der Waals surface area (Å²) in [5.41, 5.74) is 6.50. The lowest BCUT2D eigenvalue weighted by molar-refractivity contribution is 0.0938. The van der Waals surface area contributed by atoms with E-state index in [1.54, 1.807) is 42.5 Å². The van der Waals surface area contributed by atoms with E-state index < -0.39 is 0 Å². The predicted octanol–water partition coefficient (Wildman–Crippen LogP) is 0.832. The number of rotatable bonds is 7. The quantitative estimate of drug-likeness (QED) is 0.513. The van der Waals surface area contributed by atoms with Gasteiger partial charge in [-0.2, -0.15) is 0 Å². The van der Waals surface area contributed by atoms with Crippen molar-refractivity contribution in [2.75, 3.05) is 7.05 Å². The van der Waals surface area contributed by atoms with Gasteiger partial charge in [0.25, 0.3) is 5.91 Å². The topological polar surface area (TPSA) is 85.8 Å². The molecule has 7 heteroatoms. The Labute approximate surface area is 129 Å². The number of hydrazone groups is 1. The minimum absolute atomic E-state index is 0.206. The highest BCUT2D eigenvalue weighted by Crippen LogP contribution is 2.08. The number of hydrazine groups is 2. The largest absolute Gasteiger partial charge is 0.346 e. The van der Waals surface area contributed by atoms with Crippen molar-refractivity contribution in [1.82, 2.24) is 21.4 Å². The van der Waals surface area contributed by atoms with E-state index in [9.17, 15) is 9.59 Å². The predicted molar refractivity (Wildman–Crippen MR) is 84.0 cm³/mol. The number of hydrogen-bond acceptors (Lipinski definition) is 6. The average Bonchev–Trinajstić information content (AvgIpc) is 2.96. The van der Waals surface area contributed by atoms with Gasteiger partial charge in [-0.3, -0.25) is 15.0 Å². The number of amides is 1. The van der Waals surface area contributed by atoms with Crippen molar-refractivity contribution in [2.24, 2.45) is 5.10 Å². The summed E-state index contributed by atoms with van der Waals surface area (Å²) in [4.78, 5) is 23.2. The maximum Gasteiger partial charge on any atom is 0.252 e. The molecule has 0 aliphatic carbocycles. The van der Waals surface area contributed by atoms with Gasteiger partial charge in [0.2, 0.25) is 0 Å². The molecule has 1 aromatic rings. The molecule has 0 bridgehead atoms. The Morgan fingerprint density at radius 1 is 1.50 bits per heavy atom. The van der Waals surface area contributed by atoms with Gasteiger partial charge in [0.1, 0.15) is 5.84 Å². The highest BCUT2D eigenvalue weighted by molar-refractivity contribution is 6.01. The average molecular weight is 301 g/mol. The molecule has 1 aromatic carbocycles. The summed E-state index contributed by atoms with van der Waals surface area (Å²) < 4.78 is 0. The first-order chi connectivity index (χ1) is 10.6. The van der Waals surface area contributed by atoms with E-state index in [1.807, 2.05) is 0 Å². The van der Waals surface area contributed by atoms with Crippen LogP contribution in [0.1, 0.15) is 33.6 Å². The van der Waals surface area contributed by atoms with Gasteiger partial charge in [-0.1, -0.05) is 24.3 Å². The Balaban J connectivity index is 1.93. The fraction of sp³-hybridized carbons (Fsp3) is 0.267. The third-order valence-electron chi connectivity index (χ3n) is 3.26. The molecule has 1 aliphatic rings. The summed E-state index contributed by atoms with van der Waals surface area (Å²) in [5, 5.41) is 8.57. The number of amidine groups is 1. The van der Waals surface area contributed by atoms with Crippen molar-refractivity contribution >= 4 is 18.0 Å². The van der Waals surface area contributed by atoms with Crippen LogP contribution < -0.4 is 16.3 Å². The zero-order valence-corrected chi connectivity index (χ0v) is 12.4. The van der Waals surface area contributed by atoms with Crippen molar-refractivity contribution in [2.45, 2.75) is 18.9 Å². The number of nitrogens with zero attached hydrogens (tertiary/aromatic N) is 2. The molecule has 0 radical (unpaired) electrons. The molecular weight excluding hydrogens is 282 g/mol. The fourth-order valence-electron chi connectivity index (χ4n) is 2.08. The molecule has 2 rings (SSSR count). The van der Waals surface area contributed by atoms with Gasteiger partial charge in [-0.15, -0.1) is 16.8 Å². The Morgan fingerprint density at radius 2 is 2.27 bits per heavy atom. The molecule has 1 heterocycles. The van der Waals surface area contributed by atoms with Crippen molar-refractivity contribution in [1.29, 1.82) is 0 Å². The summed E-state index contributed by atoms with van der Waals surface area (Å²) in [5.74, 6) is 0.501. The second kappa shape index (κ2) is 7.37. The maximum absolute atomic E-state index is 12.3. The van der Waals surface area contributed by atoms with E-state index in [-0.39, 0.29) is 11.9 Å². The molecule has 0 saturated carbocycles. The Hall–Kier alpha value is -2.67. The molecule has 1 amide bonds. The van der Waals surface area contributed by atoms with Gasteiger partial charge >= 0.3 is 0 Å². The number of carbonyl (C=O) groups is 2. The molecule has 0 fully saturated rings. The van der Waals surface area contributed by atoms with Gasteiger partial charge < -0.3 is 5.32 Å². The Kier molecular flexibility index (Phi) is 5.26. The van der Waals surface area contributed by atoms with Crippen LogP contribution in [0, 0.1) is 0 Å². The maximum atomic E-state index is 12.3. The number of carbonyl (C=O) groups excluding carboxylic acids is 2. The second-order valence-corrected chi connectivity index (χ2v) is 4.89. The summed E-state index contributed by atoms with van der Waals surface area (Å²) in [6.45, 7) is 3.74. The smallest absolute Gasteiger partial charge is 0.252 e. The van der Waals surface area contributed by atoms with Crippen LogP contribution in [0.3, 0.4) is 0 Å². The molecular formula is C15H19N5O2. The lowest BCUT2D eigenvalue weighted by atomic mass is 10.1. The minimum Gasteiger partial charge on any atom is -0.346 e. The summed E-state index contributed by atoms with van der Waals surface area (Å²) >= 11 is 0. The van der Waals surface area contributed by atoms with Crippen molar-refractivity contribution in [3.63, 3.8) is 0 Å². The molecule has 1 atom stereocenters. The Morgan fingerprint density at radius 3 is 2.91 bits per heavy atom. The van der Waals surface area contributed by atoms with Crippen LogP contribution >= 0.6 is 0 Å². The van der Waals surface area contributed by atoms with Gasteiger partial charge in [0.15, 0.2) is 6.29 Å². The van der Waals surface area contributed by atoms with Crippen LogP contribution in [0.4, 0.5) is 0 Å². The zero-order valence-electron chi connectivity index (χ0n) is 12.4. The normalized spacial score (nSPS) is 15.2. The SMILES string of the molecule is C=CC(CCC1=NNN(C)N1)NC(=O)c1ccccc1C=O. The molecule has 116 valence electrons. The van der Waals surface area contributed by atoms with Crippen LogP contribution in [-0.2, 0) is 0 Å². The number of nitrogens with one attached hydrogen (secondary N) is 3. The van der Waals surface area contributed by atoms with Crippen molar-refractivity contribution in [3.8, 4) is 0 Å². The summed E-state index contributed by atoms with van der Waals surface area (Å²) in [7, 11) is 1.81. The lowest BCUT2D eigenvalue weighted by Gasteiger charge is -2.15. The van der Waals surface area contributed by atoms with E-state index in [2.05, 4.69) is 28.0 Å². The summed E-state index contributed by atoms with van der Waals surface area (Å²) in [6, 6.07) is 6.48. The fourth-order valence-corrected chi connectivity index (χ4v) is 2.08. The third kappa shape index (κ3) is 3.92. The number of aldehydes is 1.